The highest BCUT2D eigenvalue weighted by Crippen LogP contribution is 2.24. The van der Waals surface area contributed by atoms with E-state index in [1.165, 1.54) is 12.3 Å². The minimum atomic E-state index is -0.177. The summed E-state index contributed by atoms with van der Waals surface area (Å²) in [6.45, 7) is 7.74. The molecule has 0 aromatic heterocycles. The number of anilines is 1. The van der Waals surface area contributed by atoms with E-state index in [4.69, 9.17) is 4.74 Å². The number of hydrogen-bond donors (Lipinski definition) is 0. The number of cyclic esters (lactones) is 1. The lowest BCUT2D eigenvalue weighted by Crippen LogP contribution is -2.23. The lowest BCUT2D eigenvalue weighted by atomic mass is 10.0. The van der Waals surface area contributed by atoms with Crippen molar-refractivity contribution in [3.63, 3.8) is 0 Å². The summed E-state index contributed by atoms with van der Waals surface area (Å²) in [5, 5.41) is 0. The van der Waals surface area contributed by atoms with Gasteiger partial charge in [-0.3, -0.25) is 4.79 Å². The molecule has 0 saturated carbocycles. The third kappa shape index (κ3) is 2.03. The van der Waals surface area contributed by atoms with Gasteiger partial charge in [-0.2, -0.15) is 0 Å². The fraction of sp³-hybridized carbons (Fsp3) is 0.385. The second-order valence-corrected chi connectivity index (χ2v) is 3.84. The summed E-state index contributed by atoms with van der Waals surface area (Å²) < 4.78 is 4.88. The summed E-state index contributed by atoms with van der Waals surface area (Å²) in [6.07, 6.45) is 0.376. The Balaban J connectivity index is 2.30. The minimum absolute atomic E-state index is 0.177. The van der Waals surface area contributed by atoms with Crippen molar-refractivity contribution in [2.45, 2.75) is 20.3 Å². The molecule has 3 heteroatoms. The van der Waals surface area contributed by atoms with Crippen LogP contribution in [0, 0.1) is 6.61 Å². The first-order valence-electron chi connectivity index (χ1n) is 5.65. The molecule has 1 radical (unpaired) electrons. The van der Waals surface area contributed by atoms with Crippen LogP contribution in [0.1, 0.15) is 25.0 Å². The van der Waals surface area contributed by atoms with E-state index in [-0.39, 0.29) is 5.97 Å². The topological polar surface area (TPSA) is 29.5 Å². The van der Waals surface area contributed by atoms with Crippen LogP contribution in [0.3, 0.4) is 0 Å². The highest BCUT2D eigenvalue weighted by atomic mass is 16.5. The van der Waals surface area contributed by atoms with Gasteiger partial charge in [-0.05, 0) is 31.5 Å². The Morgan fingerprint density at radius 3 is 2.75 bits per heavy atom. The predicted molar refractivity (Wildman–Crippen MR) is 63.2 cm³/mol. The lowest BCUT2D eigenvalue weighted by molar-refractivity contribution is -0.139. The number of rotatable bonds is 3. The Hall–Kier alpha value is -1.51. The Morgan fingerprint density at radius 1 is 1.31 bits per heavy atom. The van der Waals surface area contributed by atoms with Crippen molar-refractivity contribution in [2.75, 3.05) is 18.0 Å². The van der Waals surface area contributed by atoms with Gasteiger partial charge in [0, 0.05) is 24.3 Å². The number of benzene rings is 1. The molecule has 0 amide bonds. The smallest absolute Gasteiger partial charge is 0.311 e. The molecule has 85 valence electrons. The van der Waals surface area contributed by atoms with Crippen molar-refractivity contribution in [1.82, 2.24) is 0 Å². The molecule has 0 atom stereocenters. The number of fused-ring (bicyclic) bond motifs is 1. The van der Waals surface area contributed by atoms with Crippen LogP contribution >= 0.6 is 0 Å². The van der Waals surface area contributed by atoms with E-state index in [9.17, 15) is 4.79 Å². The molecule has 1 aromatic rings. The zero-order chi connectivity index (χ0) is 11.5. The molecule has 1 heterocycles. The quantitative estimate of drug-likeness (QED) is 0.728. The molecular formula is C13H16NO2. The van der Waals surface area contributed by atoms with Crippen molar-refractivity contribution in [1.29, 1.82) is 0 Å². The Labute approximate surface area is 96.0 Å². The van der Waals surface area contributed by atoms with E-state index < -0.39 is 0 Å². The molecule has 1 aliphatic heterocycles. The Morgan fingerprint density at radius 2 is 2.06 bits per heavy atom. The number of carbonyl (C=O) groups is 1. The predicted octanol–water partition coefficient (Wildman–Crippen LogP) is 2.14. The highest BCUT2D eigenvalue weighted by Gasteiger charge is 2.18. The molecule has 1 aromatic carbocycles. The number of hydrogen-bond acceptors (Lipinski definition) is 3. The van der Waals surface area contributed by atoms with Crippen molar-refractivity contribution in [3.05, 3.63) is 35.9 Å². The van der Waals surface area contributed by atoms with Gasteiger partial charge in [0.2, 0.25) is 0 Å². The molecule has 0 N–H and O–H groups in total. The molecule has 2 rings (SSSR count). The van der Waals surface area contributed by atoms with Gasteiger partial charge in [0.05, 0.1) is 6.42 Å². The minimum Gasteiger partial charge on any atom is -0.453 e. The van der Waals surface area contributed by atoms with Gasteiger partial charge < -0.3 is 9.64 Å². The maximum Gasteiger partial charge on any atom is 0.311 e. The van der Waals surface area contributed by atoms with Gasteiger partial charge in [-0.1, -0.05) is 6.07 Å². The second-order valence-electron chi connectivity index (χ2n) is 3.84. The second kappa shape index (κ2) is 4.56. The van der Waals surface area contributed by atoms with E-state index in [2.05, 4.69) is 30.9 Å². The molecule has 16 heavy (non-hydrogen) atoms. The third-order valence-electron chi connectivity index (χ3n) is 2.91. The van der Waals surface area contributed by atoms with Gasteiger partial charge in [-0.25, -0.2) is 0 Å². The third-order valence-corrected chi connectivity index (χ3v) is 2.91. The summed E-state index contributed by atoms with van der Waals surface area (Å²) in [5.41, 5.74) is 3.24. The van der Waals surface area contributed by atoms with E-state index >= 15 is 0 Å². The molecule has 0 unspecified atom stereocenters. The van der Waals surface area contributed by atoms with Crippen LogP contribution in [0.25, 0.3) is 0 Å². The molecule has 0 spiro atoms. The molecule has 0 fully saturated rings. The van der Waals surface area contributed by atoms with Crippen LogP contribution in [0.4, 0.5) is 5.69 Å². The normalized spacial score (nSPS) is 14.2. The van der Waals surface area contributed by atoms with Gasteiger partial charge in [-0.15, -0.1) is 0 Å². The van der Waals surface area contributed by atoms with Gasteiger partial charge in [0.25, 0.3) is 0 Å². The molecule has 0 bridgehead atoms. The van der Waals surface area contributed by atoms with Crippen LogP contribution < -0.4 is 4.90 Å². The summed E-state index contributed by atoms with van der Waals surface area (Å²) >= 11 is 0. The zero-order valence-corrected chi connectivity index (χ0v) is 9.69. The Kier molecular flexibility index (Phi) is 3.13. The number of ether oxygens (including phenoxy) is 1. The number of nitrogens with zero attached hydrogens (tertiary/aromatic N) is 1. The highest BCUT2D eigenvalue weighted by molar-refractivity contribution is 5.77. The summed E-state index contributed by atoms with van der Waals surface area (Å²) in [7, 11) is 0. The molecule has 1 aliphatic rings. The van der Waals surface area contributed by atoms with Crippen LogP contribution in [0.15, 0.2) is 18.2 Å². The molecule has 0 aliphatic carbocycles. The van der Waals surface area contributed by atoms with Crippen molar-refractivity contribution < 1.29 is 9.53 Å². The maximum atomic E-state index is 11.2. The Bertz CT molecular complexity index is 397. The average Bonchev–Trinajstić information content (AvgIpc) is 2.30. The van der Waals surface area contributed by atoms with Crippen LogP contribution in [-0.4, -0.2) is 19.1 Å². The molecular weight excluding hydrogens is 202 g/mol. The SMILES string of the molecule is CCN(CC)c1ccc2c(c1)CC(=O)O[CH]2. The first-order chi connectivity index (χ1) is 7.74. The van der Waals surface area contributed by atoms with E-state index in [0.29, 0.717) is 6.42 Å². The maximum absolute atomic E-state index is 11.2. The molecule has 0 saturated heterocycles. The van der Waals surface area contributed by atoms with E-state index in [1.54, 1.807) is 0 Å². The number of carbonyl (C=O) groups excluding carboxylic acids is 1. The first kappa shape index (κ1) is 11.0. The van der Waals surface area contributed by atoms with Crippen LogP contribution in [0.5, 0.6) is 0 Å². The summed E-state index contributed by atoms with van der Waals surface area (Å²) in [6, 6.07) is 6.16. The molecule has 3 nitrogen and oxygen atoms in total. The lowest BCUT2D eigenvalue weighted by Gasteiger charge is -2.23. The van der Waals surface area contributed by atoms with Crippen molar-refractivity contribution in [3.8, 4) is 0 Å². The standard InChI is InChI=1S/C13H16NO2/c1-3-14(4-2)12-6-5-10-9-16-13(15)8-11(10)7-12/h5-7,9H,3-4,8H2,1-2H3. The summed E-state index contributed by atoms with van der Waals surface area (Å²) in [5.74, 6) is -0.177. The first-order valence-corrected chi connectivity index (χ1v) is 5.65. The largest absolute Gasteiger partial charge is 0.453 e. The van der Waals surface area contributed by atoms with Gasteiger partial charge >= 0.3 is 5.97 Å². The van der Waals surface area contributed by atoms with Gasteiger partial charge in [0.1, 0.15) is 0 Å². The van der Waals surface area contributed by atoms with Crippen LogP contribution in [-0.2, 0) is 16.0 Å². The van der Waals surface area contributed by atoms with Gasteiger partial charge in [0.15, 0.2) is 6.61 Å². The van der Waals surface area contributed by atoms with E-state index in [0.717, 1.165) is 24.2 Å². The monoisotopic (exact) mass is 218 g/mol. The van der Waals surface area contributed by atoms with E-state index in [1.807, 2.05) is 6.07 Å². The van der Waals surface area contributed by atoms with Crippen LogP contribution in [0.2, 0.25) is 0 Å². The average molecular weight is 218 g/mol. The fourth-order valence-electron chi connectivity index (χ4n) is 1.97. The summed E-state index contributed by atoms with van der Waals surface area (Å²) in [4.78, 5) is 13.4. The number of esters is 1. The van der Waals surface area contributed by atoms with Crippen molar-refractivity contribution >= 4 is 11.7 Å². The zero-order valence-electron chi connectivity index (χ0n) is 9.69. The van der Waals surface area contributed by atoms with Crippen molar-refractivity contribution in [2.24, 2.45) is 0 Å². The fourth-order valence-corrected chi connectivity index (χ4v) is 1.97.